The Kier molecular flexibility index (Phi) is 4.36. The van der Waals surface area contributed by atoms with E-state index in [-0.39, 0.29) is 17.5 Å². The highest BCUT2D eigenvalue weighted by Crippen LogP contribution is 2.31. The van der Waals surface area contributed by atoms with Crippen LogP contribution in [0.1, 0.15) is 19.7 Å². The van der Waals surface area contributed by atoms with E-state index in [9.17, 15) is 10.1 Å². The van der Waals surface area contributed by atoms with Crippen molar-refractivity contribution in [3.8, 4) is 5.75 Å². The third kappa shape index (κ3) is 3.91. The predicted octanol–water partition coefficient (Wildman–Crippen LogP) is 2.12. The molecule has 0 spiro atoms. The fourth-order valence-electron chi connectivity index (χ4n) is 1.77. The van der Waals surface area contributed by atoms with Gasteiger partial charge in [0.2, 0.25) is 0 Å². The van der Waals surface area contributed by atoms with Crippen LogP contribution in [0.2, 0.25) is 0 Å². The first-order valence-electron chi connectivity index (χ1n) is 6.49. The summed E-state index contributed by atoms with van der Waals surface area (Å²) in [5.74, 6) is 0.885. The monoisotopic (exact) mass is 291 g/mol. The highest BCUT2D eigenvalue weighted by atomic mass is 16.6. The van der Waals surface area contributed by atoms with Crippen molar-refractivity contribution in [3.63, 3.8) is 0 Å². The maximum atomic E-state index is 11.0. The Hall–Kier alpha value is -2.64. The van der Waals surface area contributed by atoms with Crippen molar-refractivity contribution in [1.82, 2.24) is 14.8 Å². The molecule has 112 valence electrons. The first-order chi connectivity index (χ1) is 9.95. The van der Waals surface area contributed by atoms with Crippen molar-refractivity contribution in [2.24, 2.45) is 7.05 Å². The number of benzene rings is 1. The van der Waals surface area contributed by atoms with Crippen LogP contribution in [0.5, 0.6) is 5.75 Å². The van der Waals surface area contributed by atoms with Crippen molar-refractivity contribution in [3.05, 3.63) is 40.5 Å². The van der Waals surface area contributed by atoms with E-state index in [2.05, 4.69) is 15.4 Å². The molecule has 2 rings (SSSR count). The lowest BCUT2D eigenvalue weighted by Gasteiger charge is -2.12. The second-order valence-corrected chi connectivity index (χ2v) is 4.79. The molecular weight excluding hydrogens is 274 g/mol. The van der Waals surface area contributed by atoms with Gasteiger partial charge in [-0.3, -0.25) is 14.8 Å². The number of hydrogen-bond donors (Lipinski definition) is 1. The molecule has 0 saturated carbocycles. The molecule has 0 aliphatic carbocycles. The Bertz CT molecular complexity index is 638. The van der Waals surface area contributed by atoms with Crippen LogP contribution in [0.15, 0.2) is 24.5 Å². The van der Waals surface area contributed by atoms with Gasteiger partial charge in [0.05, 0.1) is 17.6 Å². The number of rotatable bonds is 6. The normalized spacial score (nSPS) is 10.7. The molecule has 0 saturated heterocycles. The van der Waals surface area contributed by atoms with Gasteiger partial charge < -0.3 is 10.1 Å². The van der Waals surface area contributed by atoms with Crippen LogP contribution in [0, 0.1) is 10.1 Å². The minimum atomic E-state index is -0.457. The van der Waals surface area contributed by atoms with E-state index in [0.29, 0.717) is 18.1 Å². The smallest absolute Gasteiger partial charge is 0.311 e. The number of hydrogen-bond acceptors (Lipinski definition) is 6. The highest BCUT2D eigenvalue weighted by molar-refractivity contribution is 5.58. The van der Waals surface area contributed by atoms with Crippen LogP contribution in [0.3, 0.4) is 0 Å². The van der Waals surface area contributed by atoms with Crippen molar-refractivity contribution in [2.45, 2.75) is 26.5 Å². The second-order valence-electron chi connectivity index (χ2n) is 4.79. The molecule has 8 nitrogen and oxygen atoms in total. The number of nitrogens with zero attached hydrogens (tertiary/aromatic N) is 4. The van der Waals surface area contributed by atoms with Gasteiger partial charge in [0.15, 0.2) is 11.6 Å². The molecule has 1 heterocycles. The Balaban J connectivity index is 2.14. The van der Waals surface area contributed by atoms with Crippen LogP contribution in [0.4, 0.5) is 11.4 Å². The van der Waals surface area contributed by atoms with Gasteiger partial charge in [-0.25, -0.2) is 4.98 Å². The van der Waals surface area contributed by atoms with Crippen molar-refractivity contribution >= 4 is 11.4 Å². The van der Waals surface area contributed by atoms with E-state index < -0.39 is 4.92 Å². The Morgan fingerprint density at radius 3 is 2.81 bits per heavy atom. The molecule has 8 heteroatoms. The largest absolute Gasteiger partial charge is 0.484 e. The summed E-state index contributed by atoms with van der Waals surface area (Å²) in [4.78, 5) is 14.6. The molecule has 0 amide bonds. The summed E-state index contributed by atoms with van der Waals surface area (Å²) < 4.78 is 7.10. The van der Waals surface area contributed by atoms with Gasteiger partial charge in [-0.15, -0.1) is 0 Å². The average molecular weight is 291 g/mol. The van der Waals surface area contributed by atoms with E-state index in [1.807, 2.05) is 13.8 Å². The first-order valence-corrected chi connectivity index (χ1v) is 6.49. The fraction of sp³-hybridized carbons (Fsp3) is 0.385. The third-order valence-electron chi connectivity index (χ3n) is 2.62. The summed E-state index contributed by atoms with van der Waals surface area (Å²) >= 11 is 0. The predicted molar refractivity (Wildman–Crippen MR) is 77.2 cm³/mol. The average Bonchev–Trinajstić information content (AvgIpc) is 2.81. The van der Waals surface area contributed by atoms with E-state index in [1.54, 1.807) is 30.2 Å². The number of ether oxygens (including phenoxy) is 1. The Morgan fingerprint density at radius 2 is 2.24 bits per heavy atom. The summed E-state index contributed by atoms with van der Waals surface area (Å²) in [5.41, 5.74) is 0.661. The molecular formula is C13H17N5O3. The molecule has 0 radical (unpaired) electrons. The van der Waals surface area contributed by atoms with Crippen LogP contribution in [0.25, 0.3) is 0 Å². The van der Waals surface area contributed by atoms with Crippen molar-refractivity contribution < 1.29 is 9.66 Å². The van der Waals surface area contributed by atoms with Crippen molar-refractivity contribution in [2.75, 3.05) is 5.32 Å². The molecule has 1 aromatic carbocycles. The summed E-state index contributed by atoms with van der Waals surface area (Å²) in [6.45, 7) is 4.07. The molecule has 0 unspecified atom stereocenters. The van der Waals surface area contributed by atoms with Crippen molar-refractivity contribution in [1.29, 1.82) is 0 Å². The molecule has 0 aliphatic rings. The van der Waals surface area contributed by atoms with Crippen LogP contribution >= 0.6 is 0 Å². The molecule has 21 heavy (non-hydrogen) atoms. The molecule has 1 aromatic heterocycles. The second kappa shape index (κ2) is 6.21. The van der Waals surface area contributed by atoms with Gasteiger partial charge in [0, 0.05) is 24.9 Å². The zero-order valence-corrected chi connectivity index (χ0v) is 12.1. The van der Waals surface area contributed by atoms with Gasteiger partial charge in [0.1, 0.15) is 6.33 Å². The zero-order chi connectivity index (χ0) is 15.4. The lowest BCUT2D eigenvalue weighted by Crippen LogP contribution is -2.08. The van der Waals surface area contributed by atoms with E-state index >= 15 is 0 Å². The number of nitro benzene ring substituents is 1. The standard InChI is InChI=1S/C13H17N5O3/c1-9(2)21-12-6-10(4-5-11(12)18(19)20)14-7-13-15-8-17(3)16-13/h4-6,8-9,14H,7H2,1-3H3. The van der Waals surface area contributed by atoms with Crippen LogP contribution < -0.4 is 10.1 Å². The number of nitro groups is 1. The van der Waals surface area contributed by atoms with E-state index in [1.165, 1.54) is 6.07 Å². The van der Waals surface area contributed by atoms with Gasteiger partial charge in [0.25, 0.3) is 0 Å². The molecule has 1 N–H and O–H groups in total. The summed E-state index contributed by atoms with van der Waals surface area (Å²) in [7, 11) is 1.79. The number of anilines is 1. The third-order valence-corrected chi connectivity index (χ3v) is 2.62. The lowest BCUT2D eigenvalue weighted by molar-refractivity contribution is -0.386. The first kappa shape index (κ1) is 14.8. The SMILES string of the molecule is CC(C)Oc1cc(NCc2ncn(C)n2)ccc1[N+](=O)[O-]. The fourth-order valence-corrected chi connectivity index (χ4v) is 1.77. The lowest BCUT2D eigenvalue weighted by atomic mass is 10.2. The van der Waals surface area contributed by atoms with Gasteiger partial charge in [-0.05, 0) is 19.9 Å². The summed E-state index contributed by atoms with van der Waals surface area (Å²) in [6, 6.07) is 4.67. The maximum Gasteiger partial charge on any atom is 0.311 e. The number of aromatic nitrogens is 3. The molecule has 0 aliphatic heterocycles. The molecule has 0 fully saturated rings. The van der Waals surface area contributed by atoms with Crippen LogP contribution in [-0.2, 0) is 13.6 Å². The van der Waals surface area contributed by atoms with E-state index in [0.717, 1.165) is 0 Å². The quantitative estimate of drug-likeness (QED) is 0.647. The number of aryl methyl sites for hydroxylation is 1. The summed E-state index contributed by atoms with van der Waals surface area (Å²) in [5, 5.41) is 18.2. The minimum absolute atomic E-state index is 0.0507. The summed E-state index contributed by atoms with van der Waals surface area (Å²) in [6.07, 6.45) is 1.47. The van der Waals surface area contributed by atoms with Gasteiger partial charge in [-0.1, -0.05) is 0 Å². The highest BCUT2D eigenvalue weighted by Gasteiger charge is 2.16. The minimum Gasteiger partial charge on any atom is -0.484 e. The Morgan fingerprint density at radius 1 is 1.48 bits per heavy atom. The van der Waals surface area contributed by atoms with E-state index in [4.69, 9.17) is 4.74 Å². The molecule has 0 bridgehead atoms. The number of nitrogens with one attached hydrogen (secondary N) is 1. The zero-order valence-electron chi connectivity index (χ0n) is 12.1. The molecule has 0 atom stereocenters. The molecule has 2 aromatic rings. The van der Waals surface area contributed by atoms with Gasteiger partial charge in [-0.2, -0.15) is 5.10 Å². The maximum absolute atomic E-state index is 11.0. The van der Waals surface area contributed by atoms with Crippen LogP contribution in [-0.4, -0.2) is 25.8 Å². The van der Waals surface area contributed by atoms with Gasteiger partial charge >= 0.3 is 5.69 Å². The topological polar surface area (TPSA) is 95.1 Å². The Labute approximate surface area is 121 Å².